The van der Waals surface area contributed by atoms with Gasteiger partial charge >= 0.3 is 0 Å². The highest BCUT2D eigenvalue weighted by molar-refractivity contribution is 7.92. The van der Waals surface area contributed by atoms with E-state index in [1.54, 1.807) is 29.2 Å². The highest BCUT2D eigenvalue weighted by Gasteiger charge is 2.23. The van der Waals surface area contributed by atoms with E-state index >= 15 is 0 Å². The van der Waals surface area contributed by atoms with Crippen molar-refractivity contribution in [1.29, 1.82) is 0 Å². The van der Waals surface area contributed by atoms with Crippen LogP contribution in [0, 0.1) is 0 Å². The van der Waals surface area contributed by atoms with Crippen LogP contribution < -0.4 is 19.3 Å². The molecule has 2 aromatic rings. The third kappa shape index (κ3) is 5.29. The van der Waals surface area contributed by atoms with E-state index in [0.717, 1.165) is 28.2 Å². The highest BCUT2D eigenvalue weighted by Crippen LogP contribution is 2.24. The molecular formula is C21H25N3O5S. The van der Waals surface area contributed by atoms with Gasteiger partial charge in [0.15, 0.2) is 0 Å². The number of nitrogens with zero attached hydrogens (tertiary/aromatic N) is 2. The lowest BCUT2D eigenvalue weighted by atomic mass is 10.2. The summed E-state index contributed by atoms with van der Waals surface area (Å²) in [5, 5.41) is 2.75. The predicted octanol–water partition coefficient (Wildman–Crippen LogP) is 1.90. The zero-order valence-corrected chi connectivity index (χ0v) is 17.8. The van der Waals surface area contributed by atoms with E-state index < -0.39 is 15.9 Å². The third-order valence-corrected chi connectivity index (χ3v) is 5.95. The molecule has 0 atom stereocenters. The van der Waals surface area contributed by atoms with E-state index in [-0.39, 0.29) is 19.0 Å². The summed E-state index contributed by atoms with van der Waals surface area (Å²) >= 11 is 0. The Morgan fingerprint density at radius 3 is 2.63 bits per heavy atom. The molecule has 1 saturated heterocycles. The zero-order valence-electron chi connectivity index (χ0n) is 17.0. The Morgan fingerprint density at radius 1 is 1.20 bits per heavy atom. The first-order chi connectivity index (χ1) is 14.3. The van der Waals surface area contributed by atoms with E-state index in [1.165, 1.54) is 7.11 Å². The number of hydrogen-bond acceptors (Lipinski definition) is 5. The quantitative estimate of drug-likeness (QED) is 0.689. The molecule has 0 aliphatic carbocycles. The largest absolute Gasteiger partial charge is 0.497 e. The molecule has 3 rings (SSSR count). The number of carbonyl (C=O) groups is 2. The molecule has 1 aliphatic rings. The topological polar surface area (TPSA) is 96.0 Å². The number of carbonyl (C=O) groups excluding carboxylic acids is 2. The van der Waals surface area contributed by atoms with Gasteiger partial charge in [0.1, 0.15) is 12.3 Å². The van der Waals surface area contributed by atoms with Crippen LogP contribution in [0.5, 0.6) is 5.75 Å². The van der Waals surface area contributed by atoms with Crippen molar-refractivity contribution < 1.29 is 22.7 Å². The number of methoxy groups -OCH3 is 1. The number of anilines is 2. The van der Waals surface area contributed by atoms with E-state index in [1.807, 2.05) is 24.3 Å². The number of nitrogens with one attached hydrogen (secondary N) is 1. The molecule has 0 radical (unpaired) electrons. The lowest BCUT2D eigenvalue weighted by Gasteiger charge is -2.22. The van der Waals surface area contributed by atoms with Crippen LogP contribution in [-0.2, 0) is 26.2 Å². The van der Waals surface area contributed by atoms with Crippen LogP contribution >= 0.6 is 0 Å². The summed E-state index contributed by atoms with van der Waals surface area (Å²) in [5.74, 6) is 0.152. The van der Waals surface area contributed by atoms with Crippen LogP contribution in [0.1, 0.15) is 18.4 Å². The van der Waals surface area contributed by atoms with Crippen LogP contribution in [0.2, 0.25) is 0 Å². The Bertz CT molecular complexity index is 1040. The summed E-state index contributed by atoms with van der Waals surface area (Å²) in [6, 6.07) is 13.9. The summed E-state index contributed by atoms with van der Waals surface area (Å²) in [7, 11) is -2.19. The molecule has 0 saturated carbocycles. The zero-order chi connectivity index (χ0) is 21.7. The van der Waals surface area contributed by atoms with Crippen LogP contribution in [0.15, 0.2) is 48.5 Å². The molecule has 2 amide bonds. The minimum Gasteiger partial charge on any atom is -0.497 e. The molecule has 2 aromatic carbocycles. The molecule has 0 bridgehead atoms. The molecule has 9 heteroatoms. The first-order valence-corrected chi connectivity index (χ1v) is 11.4. The van der Waals surface area contributed by atoms with Crippen molar-refractivity contribution >= 4 is 33.2 Å². The second-order valence-electron chi connectivity index (χ2n) is 7.07. The first kappa shape index (κ1) is 21.6. The Kier molecular flexibility index (Phi) is 6.61. The van der Waals surface area contributed by atoms with Gasteiger partial charge in [0, 0.05) is 31.3 Å². The Labute approximate surface area is 176 Å². The number of sulfonamides is 1. The molecule has 0 aromatic heterocycles. The highest BCUT2D eigenvalue weighted by atomic mass is 32.2. The number of amides is 2. The number of benzene rings is 2. The van der Waals surface area contributed by atoms with Crippen molar-refractivity contribution in [2.45, 2.75) is 19.4 Å². The molecule has 1 N–H and O–H groups in total. The molecule has 160 valence electrons. The summed E-state index contributed by atoms with van der Waals surface area (Å²) in [5.41, 5.74) is 1.98. The van der Waals surface area contributed by atoms with Crippen LogP contribution in [0.4, 0.5) is 11.4 Å². The van der Waals surface area contributed by atoms with Gasteiger partial charge in [-0.05, 0) is 36.2 Å². The maximum Gasteiger partial charge on any atom is 0.241 e. The van der Waals surface area contributed by atoms with E-state index in [9.17, 15) is 18.0 Å². The minimum atomic E-state index is -3.67. The molecule has 30 heavy (non-hydrogen) atoms. The van der Waals surface area contributed by atoms with Crippen molar-refractivity contribution in [3.63, 3.8) is 0 Å². The fraction of sp³-hybridized carbons (Fsp3) is 0.333. The second-order valence-corrected chi connectivity index (χ2v) is 8.97. The van der Waals surface area contributed by atoms with Gasteiger partial charge in [-0.1, -0.05) is 18.2 Å². The Balaban J connectivity index is 1.67. The van der Waals surface area contributed by atoms with Crippen molar-refractivity contribution in [2.24, 2.45) is 0 Å². The number of rotatable bonds is 8. The predicted molar refractivity (Wildman–Crippen MR) is 115 cm³/mol. The third-order valence-electron chi connectivity index (χ3n) is 4.81. The van der Waals surface area contributed by atoms with Crippen molar-refractivity contribution in [1.82, 2.24) is 5.32 Å². The number of ether oxygens (including phenoxy) is 1. The fourth-order valence-corrected chi connectivity index (χ4v) is 4.16. The fourth-order valence-electron chi connectivity index (χ4n) is 3.31. The van der Waals surface area contributed by atoms with Gasteiger partial charge in [-0.2, -0.15) is 0 Å². The number of hydrogen-bond donors (Lipinski definition) is 1. The van der Waals surface area contributed by atoms with Gasteiger partial charge in [-0.3, -0.25) is 13.9 Å². The SMILES string of the molecule is COc1cccc(N(CC(=O)NCc2cccc(N3CCCC3=O)c2)S(C)(=O)=O)c1. The summed E-state index contributed by atoms with van der Waals surface area (Å²) in [6.45, 7) is 0.569. The monoisotopic (exact) mass is 431 g/mol. The summed E-state index contributed by atoms with van der Waals surface area (Å²) in [6.07, 6.45) is 2.44. The molecule has 0 unspecified atom stereocenters. The minimum absolute atomic E-state index is 0.0956. The van der Waals surface area contributed by atoms with E-state index in [0.29, 0.717) is 24.4 Å². The van der Waals surface area contributed by atoms with Gasteiger partial charge in [0.25, 0.3) is 0 Å². The van der Waals surface area contributed by atoms with Crippen LogP contribution in [0.25, 0.3) is 0 Å². The average molecular weight is 432 g/mol. The van der Waals surface area contributed by atoms with Gasteiger partial charge in [0.05, 0.1) is 19.1 Å². The van der Waals surface area contributed by atoms with Gasteiger partial charge in [-0.15, -0.1) is 0 Å². The molecular weight excluding hydrogens is 406 g/mol. The average Bonchev–Trinajstić information content (AvgIpc) is 3.16. The molecule has 8 nitrogen and oxygen atoms in total. The maximum absolute atomic E-state index is 12.5. The van der Waals surface area contributed by atoms with Crippen LogP contribution in [-0.4, -0.2) is 46.7 Å². The van der Waals surface area contributed by atoms with Gasteiger partial charge in [0.2, 0.25) is 21.8 Å². The van der Waals surface area contributed by atoms with Crippen molar-refractivity contribution in [3.8, 4) is 5.75 Å². The van der Waals surface area contributed by atoms with Crippen LogP contribution in [0.3, 0.4) is 0 Å². The standard InChI is InChI=1S/C21H25N3O5S/c1-29-19-9-4-8-18(13-19)24(30(2,27)28)15-20(25)22-14-16-6-3-7-17(12-16)23-11-5-10-21(23)26/h3-4,6-9,12-13H,5,10-11,14-15H2,1-2H3,(H,22,25). The first-order valence-electron chi connectivity index (χ1n) is 9.56. The van der Waals surface area contributed by atoms with Crippen molar-refractivity contribution in [3.05, 3.63) is 54.1 Å². The normalized spacial score (nSPS) is 13.9. The second kappa shape index (κ2) is 9.17. The van der Waals surface area contributed by atoms with E-state index in [4.69, 9.17) is 4.74 Å². The van der Waals surface area contributed by atoms with E-state index in [2.05, 4.69) is 5.32 Å². The Morgan fingerprint density at radius 2 is 1.97 bits per heavy atom. The maximum atomic E-state index is 12.5. The summed E-state index contributed by atoms with van der Waals surface area (Å²) < 4.78 is 30.6. The Hall–Kier alpha value is -3.07. The van der Waals surface area contributed by atoms with Gasteiger partial charge < -0.3 is 15.0 Å². The lowest BCUT2D eigenvalue weighted by molar-refractivity contribution is -0.120. The molecule has 1 aliphatic heterocycles. The lowest BCUT2D eigenvalue weighted by Crippen LogP contribution is -2.40. The summed E-state index contributed by atoms with van der Waals surface area (Å²) in [4.78, 5) is 26.1. The molecule has 1 fully saturated rings. The van der Waals surface area contributed by atoms with Gasteiger partial charge in [-0.25, -0.2) is 8.42 Å². The van der Waals surface area contributed by atoms with Crippen molar-refractivity contribution in [2.75, 3.05) is 35.7 Å². The molecule has 0 spiro atoms. The molecule has 1 heterocycles. The smallest absolute Gasteiger partial charge is 0.241 e.